The van der Waals surface area contributed by atoms with E-state index in [4.69, 9.17) is 37.2 Å². The van der Waals surface area contributed by atoms with Crippen LogP contribution in [0.4, 0.5) is 10.7 Å². The third-order valence-corrected chi connectivity index (χ3v) is 8.04. The van der Waals surface area contributed by atoms with E-state index in [2.05, 4.69) is 4.98 Å². The third kappa shape index (κ3) is 7.92. The van der Waals surface area contributed by atoms with Crippen LogP contribution in [0.3, 0.4) is 0 Å². The molecule has 200 valence electrons. The number of aromatic nitrogens is 1. The Morgan fingerprint density at radius 1 is 1.11 bits per heavy atom. The molecule has 10 nitrogen and oxygen atoms in total. The fraction of sp³-hybridized carbons (Fsp3) is 0.348. The minimum atomic E-state index is -4.32. The molecular weight excluding hydrogens is 565 g/mol. The highest BCUT2D eigenvalue weighted by molar-refractivity contribution is 7.87. The largest absolute Gasteiger partial charge is 0.475 e. The number of aliphatic hydroxyl groups excluding tert-OH is 1. The summed E-state index contributed by atoms with van der Waals surface area (Å²) in [7, 11) is -4.32. The van der Waals surface area contributed by atoms with Gasteiger partial charge in [0.05, 0.1) is 11.5 Å². The van der Waals surface area contributed by atoms with Gasteiger partial charge in [-0.1, -0.05) is 17.4 Å². The van der Waals surface area contributed by atoms with Crippen molar-refractivity contribution < 1.29 is 27.4 Å². The predicted octanol–water partition coefficient (Wildman–Crippen LogP) is 4.40. The molecule has 0 aliphatic rings. The highest BCUT2D eigenvalue weighted by Gasteiger charge is 2.33. The lowest BCUT2D eigenvalue weighted by molar-refractivity contribution is -0.380. The molecule has 2 heterocycles. The molecular formula is C23H25Cl2N3O7S2. The first-order valence-corrected chi connectivity index (χ1v) is 14.5. The lowest BCUT2D eigenvalue weighted by atomic mass is 10.1. The van der Waals surface area contributed by atoms with Crippen LogP contribution < -0.4 is 13.8 Å². The number of nitrogens with zero attached hydrogens (tertiary/aromatic N) is 3. The normalized spacial score (nSPS) is 12.2. The lowest BCUT2D eigenvalue weighted by Gasteiger charge is -2.23. The standard InChI is InChI=1S/C23H25Cl2N3O7S2/c24-8-10-27(11-9-25)19-2-4-20(5-3-19)35-37(32,33)21(15-17-7-14-36-23(17)28(30)31)18-1-6-22(26-16-18)34-13-12-29/h1-7,14,16,21,29H,8-13,15H2. The number of thiophene rings is 1. The van der Waals surface area contributed by atoms with Crippen molar-refractivity contribution in [2.75, 3.05) is 43.0 Å². The number of hydrogen-bond donors (Lipinski definition) is 1. The molecule has 0 amide bonds. The number of benzene rings is 1. The molecule has 3 rings (SSSR count). The van der Waals surface area contributed by atoms with Crippen LogP contribution in [0, 0.1) is 10.1 Å². The number of ether oxygens (including phenoxy) is 1. The van der Waals surface area contributed by atoms with E-state index in [9.17, 15) is 18.5 Å². The first-order chi connectivity index (χ1) is 17.8. The molecule has 0 bridgehead atoms. The smallest absolute Gasteiger partial charge is 0.327 e. The fourth-order valence-electron chi connectivity index (χ4n) is 3.53. The summed E-state index contributed by atoms with van der Waals surface area (Å²) in [4.78, 5) is 17.0. The van der Waals surface area contributed by atoms with Gasteiger partial charge in [-0.2, -0.15) is 8.42 Å². The summed E-state index contributed by atoms with van der Waals surface area (Å²) in [5.41, 5.74) is 1.34. The Hall–Kier alpha value is -2.64. The molecule has 0 aliphatic carbocycles. The Balaban J connectivity index is 1.90. The number of hydrogen-bond acceptors (Lipinski definition) is 10. The quantitative estimate of drug-likeness (QED) is 0.118. The molecule has 0 fully saturated rings. The van der Waals surface area contributed by atoms with Gasteiger partial charge in [-0.3, -0.25) is 10.1 Å². The second kappa shape index (κ2) is 13.8. The van der Waals surface area contributed by atoms with Crippen molar-refractivity contribution in [1.82, 2.24) is 4.98 Å². The van der Waals surface area contributed by atoms with Crippen LogP contribution in [-0.2, 0) is 16.5 Å². The molecule has 3 aromatic rings. The molecule has 1 atom stereocenters. The van der Waals surface area contributed by atoms with Crippen LogP contribution in [0.25, 0.3) is 0 Å². The van der Waals surface area contributed by atoms with E-state index < -0.39 is 20.3 Å². The zero-order chi connectivity index (χ0) is 26.8. The molecule has 0 saturated carbocycles. The van der Waals surface area contributed by atoms with Gasteiger partial charge in [-0.15, -0.1) is 23.2 Å². The SMILES string of the molecule is O=[N+]([O-])c1sccc1CC(c1ccc(OCCO)nc1)S(=O)(=O)Oc1ccc(N(CCCl)CCCl)cc1. The van der Waals surface area contributed by atoms with Crippen LogP contribution >= 0.6 is 34.5 Å². The van der Waals surface area contributed by atoms with Crippen molar-refractivity contribution in [3.63, 3.8) is 0 Å². The van der Waals surface area contributed by atoms with E-state index in [1.54, 1.807) is 12.1 Å². The Kier molecular flexibility index (Phi) is 10.8. The molecule has 0 spiro atoms. The summed E-state index contributed by atoms with van der Waals surface area (Å²) in [6, 6.07) is 11.0. The molecule has 1 N–H and O–H groups in total. The van der Waals surface area contributed by atoms with E-state index in [0.717, 1.165) is 17.0 Å². The van der Waals surface area contributed by atoms with Gasteiger partial charge in [-0.25, -0.2) is 4.98 Å². The van der Waals surface area contributed by atoms with Crippen molar-refractivity contribution in [1.29, 1.82) is 0 Å². The highest BCUT2D eigenvalue weighted by atomic mass is 35.5. The second-order valence-corrected chi connectivity index (χ2v) is 11.0. The number of anilines is 1. The van der Waals surface area contributed by atoms with Gasteiger partial charge >= 0.3 is 15.1 Å². The topological polar surface area (TPSA) is 132 Å². The van der Waals surface area contributed by atoms with Crippen molar-refractivity contribution in [3.05, 3.63) is 75.3 Å². The van der Waals surface area contributed by atoms with Gasteiger partial charge in [0.15, 0.2) is 0 Å². The van der Waals surface area contributed by atoms with Gasteiger partial charge < -0.3 is 18.9 Å². The van der Waals surface area contributed by atoms with Crippen molar-refractivity contribution in [3.8, 4) is 11.6 Å². The number of halogens is 2. The molecule has 2 aromatic heterocycles. The molecule has 1 unspecified atom stereocenters. The molecule has 0 saturated heterocycles. The maximum Gasteiger partial charge on any atom is 0.327 e. The van der Waals surface area contributed by atoms with Gasteiger partial charge in [0.2, 0.25) is 5.88 Å². The number of pyridine rings is 1. The summed E-state index contributed by atoms with van der Waals surface area (Å²) in [5, 5.41) is 20.5. The third-order valence-electron chi connectivity index (χ3n) is 5.24. The van der Waals surface area contributed by atoms with Crippen LogP contribution in [0.2, 0.25) is 0 Å². The highest BCUT2D eigenvalue weighted by Crippen LogP contribution is 2.35. The summed E-state index contributed by atoms with van der Waals surface area (Å²) in [6.07, 6.45) is 1.12. The van der Waals surface area contributed by atoms with Crippen LogP contribution in [-0.4, -0.2) is 61.5 Å². The van der Waals surface area contributed by atoms with Crippen molar-refractivity contribution in [2.45, 2.75) is 11.7 Å². The van der Waals surface area contributed by atoms with E-state index in [-0.39, 0.29) is 47.4 Å². The Labute approximate surface area is 228 Å². The van der Waals surface area contributed by atoms with Crippen LogP contribution in [0.5, 0.6) is 11.6 Å². The zero-order valence-electron chi connectivity index (χ0n) is 19.5. The Bertz CT molecular complexity index is 1250. The lowest BCUT2D eigenvalue weighted by Crippen LogP contribution is -2.27. The maximum atomic E-state index is 13.5. The van der Waals surface area contributed by atoms with Gasteiger partial charge in [0, 0.05) is 54.8 Å². The van der Waals surface area contributed by atoms with Gasteiger partial charge in [-0.05, 0) is 41.3 Å². The molecule has 1 aromatic carbocycles. The summed E-state index contributed by atoms with van der Waals surface area (Å²) < 4.78 is 37.6. The summed E-state index contributed by atoms with van der Waals surface area (Å²) in [6.45, 7) is 0.963. The minimum Gasteiger partial charge on any atom is -0.475 e. The average Bonchev–Trinajstić information content (AvgIpc) is 3.35. The fourth-order valence-corrected chi connectivity index (χ4v) is 6.04. The second-order valence-electron chi connectivity index (χ2n) is 7.64. The van der Waals surface area contributed by atoms with Crippen molar-refractivity contribution in [2.24, 2.45) is 0 Å². The van der Waals surface area contributed by atoms with E-state index in [0.29, 0.717) is 24.8 Å². The minimum absolute atomic E-state index is 0.0293. The van der Waals surface area contributed by atoms with E-state index >= 15 is 0 Å². The predicted molar refractivity (Wildman–Crippen MR) is 144 cm³/mol. The Morgan fingerprint density at radius 2 is 1.81 bits per heavy atom. The summed E-state index contributed by atoms with van der Waals surface area (Å²) in [5.74, 6) is 1.08. The number of aliphatic hydroxyl groups is 1. The first-order valence-electron chi connectivity index (χ1n) is 11.1. The number of rotatable bonds is 15. The van der Waals surface area contributed by atoms with Gasteiger partial charge in [0.1, 0.15) is 17.6 Å². The monoisotopic (exact) mass is 589 g/mol. The Morgan fingerprint density at radius 3 is 2.38 bits per heavy atom. The molecule has 0 radical (unpaired) electrons. The van der Waals surface area contributed by atoms with Gasteiger partial charge in [0.25, 0.3) is 0 Å². The molecule has 14 heteroatoms. The summed E-state index contributed by atoms with van der Waals surface area (Å²) >= 11 is 12.6. The van der Waals surface area contributed by atoms with Crippen LogP contribution in [0.15, 0.2) is 54.0 Å². The average molecular weight is 591 g/mol. The number of alkyl halides is 2. The van der Waals surface area contributed by atoms with Crippen LogP contribution in [0.1, 0.15) is 16.4 Å². The molecule has 0 aliphatic heterocycles. The molecule has 37 heavy (non-hydrogen) atoms. The van der Waals surface area contributed by atoms with E-state index in [1.165, 1.54) is 41.9 Å². The zero-order valence-corrected chi connectivity index (χ0v) is 22.7. The van der Waals surface area contributed by atoms with E-state index in [1.807, 2.05) is 4.90 Å². The number of nitro groups is 1. The maximum absolute atomic E-state index is 13.5. The first kappa shape index (κ1) is 28.9. The van der Waals surface area contributed by atoms with Crippen molar-refractivity contribution >= 4 is 55.3 Å².